The molecule has 5 nitrogen and oxygen atoms in total. The lowest BCUT2D eigenvalue weighted by Gasteiger charge is -1.96. The highest BCUT2D eigenvalue weighted by molar-refractivity contribution is 5.65. The molecule has 0 amide bonds. The highest BCUT2D eigenvalue weighted by Crippen LogP contribution is 1.97. The summed E-state index contributed by atoms with van der Waals surface area (Å²) < 4.78 is 0.594. The maximum Gasteiger partial charge on any atom is 0.295 e. The largest absolute Gasteiger partial charge is 0.711 e. The molecule has 0 aliphatic rings. The zero-order valence-corrected chi connectivity index (χ0v) is 5.51. The Labute approximate surface area is 61.9 Å². The molecule has 5 heteroatoms. The summed E-state index contributed by atoms with van der Waals surface area (Å²) in [6.07, 6.45) is 5.53. The molecule has 54 valence electrons. The van der Waals surface area contributed by atoms with Crippen molar-refractivity contribution in [2.45, 2.75) is 0 Å². The molecule has 0 saturated heterocycles. The minimum Gasteiger partial charge on any atom is -0.711 e. The molecule has 0 atom stereocenters. The standard InChI is InChI=1S/C6H4N4O/c11-10-3-5-6(9-4-10)8-2-1-7-5/h1-4H. The Hall–Kier alpha value is -1.78. The smallest absolute Gasteiger partial charge is 0.295 e. The molecule has 2 aromatic heterocycles. The third-order valence-corrected chi connectivity index (χ3v) is 1.25. The fourth-order valence-electron chi connectivity index (χ4n) is 0.797. The van der Waals surface area contributed by atoms with Gasteiger partial charge in [-0.1, -0.05) is 0 Å². The third-order valence-electron chi connectivity index (χ3n) is 1.25. The lowest BCUT2D eigenvalue weighted by atomic mass is 10.5. The van der Waals surface area contributed by atoms with Gasteiger partial charge in [0, 0.05) is 12.4 Å². The van der Waals surface area contributed by atoms with Gasteiger partial charge in [-0.2, -0.15) is 0 Å². The molecule has 11 heavy (non-hydrogen) atoms. The molecule has 0 spiro atoms. The van der Waals surface area contributed by atoms with Crippen LogP contribution in [0.4, 0.5) is 0 Å². The van der Waals surface area contributed by atoms with E-state index in [1.165, 1.54) is 18.6 Å². The van der Waals surface area contributed by atoms with Crippen LogP contribution in [0.25, 0.3) is 11.2 Å². The molecule has 0 bridgehead atoms. The van der Waals surface area contributed by atoms with Crippen molar-refractivity contribution >= 4 is 11.2 Å². The van der Waals surface area contributed by atoms with Gasteiger partial charge in [0.15, 0.2) is 5.52 Å². The molecule has 0 unspecified atom stereocenters. The molecule has 0 saturated carbocycles. The van der Waals surface area contributed by atoms with Crippen LogP contribution in [0, 0.1) is 5.21 Å². The zero-order valence-electron chi connectivity index (χ0n) is 5.51. The predicted molar refractivity (Wildman–Crippen MR) is 36.3 cm³/mol. The van der Waals surface area contributed by atoms with Crippen molar-refractivity contribution in [2.75, 3.05) is 0 Å². The molecular formula is C6H4N4O. The number of hydrogen-bond acceptors (Lipinski definition) is 4. The van der Waals surface area contributed by atoms with Gasteiger partial charge < -0.3 is 5.21 Å². The van der Waals surface area contributed by atoms with E-state index < -0.39 is 0 Å². The first-order chi connectivity index (χ1) is 5.36. The van der Waals surface area contributed by atoms with Gasteiger partial charge in [-0.15, -0.1) is 0 Å². The minimum absolute atomic E-state index is 0.486. The molecule has 0 fully saturated rings. The molecule has 2 aromatic rings. The minimum atomic E-state index is 0.486. The van der Waals surface area contributed by atoms with E-state index in [1.54, 1.807) is 0 Å². The molecule has 2 heterocycles. The molecule has 0 aliphatic carbocycles. The van der Waals surface area contributed by atoms with Gasteiger partial charge in [-0.3, -0.25) is 0 Å². The fraction of sp³-hybridized carbons (Fsp3) is 0. The summed E-state index contributed by atoms with van der Waals surface area (Å²) in [5.74, 6) is 0. The highest BCUT2D eigenvalue weighted by atomic mass is 16.5. The van der Waals surface area contributed by atoms with Crippen molar-refractivity contribution in [1.29, 1.82) is 0 Å². The van der Waals surface area contributed by atoms with E-state index in [0.29, 0.717) is 15.9 Å². The van der Waals surface area contributed by atoms with Gasteiger partial charge in [0.25, 0.3) is 12.0 Å². The number of fused-ring (bicyclic) bond motifs is 1. The highest BCUT2D eigenvalue weighted by Gasteiger charge is 2.00. The van der Waals surface area contributed by atoms with Crippen molar-refractivity contribution in [2.24, 2.45) is 0 Å². The van der Waals surface area contributed by atoms with Crippen LogP contribution in [0.2, 0.25) is 0 Å². The Morgan fingerprint density at radius 3 is 2.91 bits per heavy atom. The van der Waals surface area contributed by atoms with E-state index in [1.807, 2.05) is 0 Å². The Morgan fingerprint density at radius 1 is 1.18 bits per heavy atom. The van der Waals surface area contributed by atoms with Crippen molar-refractivity contribution in [1.82, 2.24) is 15.0 Å². The third kappa shape index (κ3) is 0.958. The molecule has 0 aliphatic heterocycles. The second-order valence-corrected chi connectivity index (χ2v) is 2.00. The summed E-state index contributed by atoms with van der Waals surface area (Å²) in [4.78, 5) is 11.6. The number of aromatic nitrogens is 4. The molecule has 2 rings (SSSR count). The Bertz CT molecular complexity index is 389. The first-order valence-electron chi connectivity index (χ1n) is 3.02. The van der Waals surface area contributed by atoms with E-state index in [9.17, 15) is 5.21 Å². The van der Waals surface area contributed by atoms with E-state index in [-0.39, 0.29) is 0 Å². The maximum absolute atomic E-state index is 10.7. The maximum atomic E-state index is 10.7. The zero-order chi connectivity index (χ0) is 7.68. The normalized spacial score (nSPS) is 10.2. The molecule has 0 aromatic carbocycles. The second-order valence-electron chi connectivity index (χ2n) is 2.00. The lowest BCUT2D eigenvalue weighted by Crippen LogP contribution is -2.25. The number of rotatable bonds is 0. The van der Waals surface area contributed by atoms with Crippen molar-refractivity contribution in [3.63, 3.8) is 0 Å². The SMILES string of the molecule is [O-][n+]1cnc2nccnc2c1. The van der Waals surface area contributed by atoms with E-state index >= 15 is 0 Å². The van der Waals surface area contributed by atoms with Crippen LogP contribution < -0.4 is 4.73 Å². The van der Waals surface area contributed by atoms with Gasteiger partial charge in [0.1, 0.15) is 6.20 Å². The van der Waals surface area contributed by atoms with Crippen LogP contribution in [0.3, 0.4) is 0 Å². The van der Waals surface area contributed by atoms with Gasteiger partial charge in [-0.05, 0) is 4.98 Å². The Balaban J connectivity index is 2.83. The monoisotopic (exact) mass is 148 g/mol. The van der Waals surface area contributed by atoms with Crippen LogP contribution in [0.1, 0.15) is 0 Å². The van der Waals surface area contributed by atoms with Crippen LogP contribution >= 0.6 is 0 Å². The lowest BCUT2D eigenvalue weighted by molar-refractivity contribution is -0.607. The summed E-state index contributed by atoms with van der Waals surface area (Å²) in [5, 5.41) is 10.7. The summed E-state index contributed by atoms with van der Waals surface area (Å²) in [5.41, 5.74) is 0.990. The van der Waals surface area contributed by atoms with Crippen molar-refractivity contribution in [3.8, 4) is 0 Å². The molecule has 0 radical (unpaired) electrons. The van der Waals surface area contributed by atoms with E-state index in [4.69, 9.17) is 0 Å². The summed E-state index contributed by atoms with van der Waals surface area (Å²) >= 11 is 0. The number of hydrogen-bond donors (Lipinski definition) is 0. The first kappa shape index (κ1) is 5.96. The van der Waals surface area contributed by atoms with Gasteiger partial charge in [0.2, 0.25) is 0 Å². The Morgan fingerprint density at radius 2 is 2.00 bits per heavy atom. The van der Waals surface area contributed by atoms with Crippen LogP contribution in [-0.2, 0) is 0 Å². The van der Waals surface area contributed by atoms with Crippen LogP contribution in [0.5, 0.6) is 0 Å². The van der Waals surface area contributed by atoms with Crippen molar-refractivity contribution in [3.05, 3.63) is 30.1 Å². The van der Waals surface area contributed by atoms with Crippen LogP contribution in [0.15, 0.2) is 24.9 Å². The average molecular weight is 148 g/mol. The van der Waals surface area contributed by atoms with Gasteiger partial charge >= 0.3 is 0 Å². The predicted octanol–water partition coefficient (Wildman–Crippen LogP) is -0.342. The van der Waals surface area contributed by atoms with Gasteiger partial charge in [-0.25, -0.2) is 14.7 Å². The Kier molecular flexibility index (Phi) is 1.15. The van der Waals surface area contributed by atoms with Crippen LogP contribution in [-0.4, -0.2) is 15.0 Å². The fourth-order valence-corrected chi connectivity index (χ4v) is 0.797. The summed E-state index contributed by atoms with van der Waals surface area (Å²) in [7, 11) is 0. The summed E-state index contributed by atoms with van der Waals surface area (Å²) in [6.45, 7) is 0. The molecular weight excluding hydrogens is 144 g/mol. The quantitative estimate of drug-likeness (QED) is 0.378. The van der Waals surface area contributed by atoms with Crippen molar-refractivity contribution < 1.29 is 4.73 Å². The molecule has 0 N–H and O–H groups in total. The topological polar surface area (TPSA) is 65.6 Å². The number of nitrogens with zero attached hydrogens (tertiary/aromatic N) is 4. The second kappa shape index (κ2) is 2.12. The van der Waals surface area contributed by atoms with E-state index in [0.717, 1.165) is 6.33 Å². The van der Waals surface area contributed by atoms with Gasteiger partial charge in [0.05, 0.1) is 0 Å². The first-order valence-corrected chi connectivity index (χ1v) is 3.02. The van der Waals surface area contributed by atoms with E-state index in [2.05, 4.69) is 15.0 Å². The summed E-state index contributed by atoms with van der Waals surface area (Å²) in [6, 6.07) is 0. The average Bonchev–Trinajstić information content (AvgIpc) is 2.04.